The summed E-state index contributed by atoms with van der Waals surface area (Å²) in [6, 6.07) is 15.6. The first-order valence-corrected chi connectivity index (χ1v) is 10.8. The molecule has 1 saturated heterocycles. The van der Waals surface area contributed by atoms with E-state index in [0.717, 1.165) is 24.4 Å². The van der Waals surface area contributed by atoms with Gasteiger partial charge in [0.25, 0.3) is 0 Å². The van der Waals surface area contributed by atoms with Gasteiger partial charge in [0.1, 0.15) is 5.75 Å². The number of nitrogens with zero attached hydrogens (tertiary/aromatic N) is 2. The first-order valence-electron chi connectivity index (χ1n) is 10.8. The van der Waals surface area contributed by atoms with E-state index in [1.54, 1.807) is 26.3 Å². The molecule has 1 atom stereocenters. The number of benzene rings is 2. The van der Waals surface area contributed by atoms with Crippen LogP contribution < -0.4 is 20.7 Å². The molecule has 1 aliphatic rings. The Bertz CT molecular complexity index is 966. The second-order valence-corrected chi connectivity index (χ2v) is 7.61. The number of methoxy groups -OCH3 is 1. The summed E-state index contributed by atoms with van der Waals surface area (Å²) < 4.78 is 5.29. The van der Waals surface area contributed by atoms with Gasteiger partial charge in [-0.05, 0) is 61.8 Å². The van der Waals surface area contributed by atoms with E-state index in [4.69, 9.17) is 11.2 Å². The molecule has 3 rings (SSSR count). The molecular formula is C25H32IN5O2. The Kier molecular flexibility index (Phi) is 11.0. The summed E-state index contributed by atoms with van der Waals surface area (Å²) in [7, 11) is 3.37. The van der Waals surface area contributed by atoms with E-state index in [2.05, 4.69) is 43.9 Å². The van der Waals surface area contributed by atoms with E-state index in [1.807, 2.05) is 24.3 Å². The number of carbonyl (C=O) groups is 1. The number of likely N-dealkylation sites (tertiary alicyclic amines) is 1. The van der Waals surface area contributed by atoms with Crippen molar-refractivity contribution in [2.75, 3.05) is 45.7 Å². The summed E-state index contributed by atoms with van der Waals surface area (Å²) in [5.74, 6) is 3.81. The van der Waals surface area contributed by atoms with Gasteiger partial charge in [-0.15, -0.1) is 30.4 Å². The zero-order chi connectivity index (χ0) is 22.8. The second kappa shape index (κ2) is 13.7. The van der Waals surface area contributed by atoms with Gasteiger partial charge in [-0.2, -0.15) is 0 Å². The van der Waals surface area contributed by atoms with Crippen LogP contribution in [0, 0.1) is 12.3 Å². The first kappa shape index (κ1) is 26.5. The lowest BCUT2D eigenvalue weighted by molar-refractivity contribution is -0.115. The number of nitrogens with one attached hydrogen (secondary N) is 3. The Morgan fingerprint density at radius 3 is 2.55 bits per heavy atom. The van der Waals surface area contributed by atoms with Gasteiger partial charge in [0.05, 0.1) is 19.7 Å². The SMILES string of the molecule is C#Cc1cccc(NC(=O)CNC(=NC)NCC(c2ccc(OC)cc2)N2CCCC2)c1.I. The predicted molar refractivity (Wildman–Crippen MR) is 144 cm³/mol. The lowest BCUT2D eigenvalue weighted by Crippen LogP contribution is -2.44. The van der Waals surface area contributed by atoms with Gasteiger partial charge in [0.2, 0.25) is 5.91 Å². The third kappa shape index (κ3) is 7.94. The minimum absolute atomic E-state index is 0. The number of guanidine groups is 1. The van der Waals surface area contributed by atoms with E-state index in [0.29, 0.717) is 18.2 Å². The van der Waals surface area contributed by atoms with E-state index in [-0.39, 0.29) is 42.5 Å². The first-order chi connectivity index (χ1) is 15.6. The summed E-state index contributed by atoms with van der Waals surface area (Å²) >= 11 is 0. The van der Waals surface area contributed by atoms with Gasteiger partial charge in [-0.3, -0.25) is 14.7 Å². The highest BCUT2D eigenvalue weighted by molar-refractivity contribution is 14.0. The van der Waals surface area contributed by atoms with Crippen LogP contribution in [0.5, 0.6) is 5.75 Å². The molecule has 3 N–H and O–H groups in total. The molecular weight excluding hydrogens is 529 g/mol. The van der Waals surface area contributed by atoms with Gasteiger partial charge in [-0.1, -0.05) is 24.1 Å². The number of hydrogen-bond acceptors (Lipinski definition) is 4. The summed E-state index contributed by atoms with van der Waals surface area (Å²) in [4.78, 5) is 19.1. The van der Waals surface area contributed by atoms with Crippen molar-refractivity contribution >= 4 is 41.5 Å². The van der Waals surface area contributed by atoms with Crippen LogP contribution in [0.1, 0.15) is 30.0 Å². The van der Waals surface area contributed by atoms with Crippen LogP contribution >= 0.6 is 24.0 Å². The number of rotatable bonds is 8. The van der Waals surface area contributed by atoms with Gasteiger partial charge in [0.15, 0.2) is 5.96 Å². The second-order valence-electron chi connectivity index (χ2n) is 7.61. The zero-order valence-corrected chi connectivity index (χ0v) is 21.5. The molecule has 1 amide bonds. The molecule has 1 heterocycles. The maximum absolute atomic E-state index is 12.3. The average molecular weight is 561 g/mol. The molecule has 2 aromatic rings. The maximum Gasteiger partial charge on any atom is 0.243 e. The Morgan fingerprint density at radius 1 is 1.18 bits per heavy atom. The van der Waals surface area contributed by atoms with Crippen LogP contribution in [-0.2, 0) is 4.79 Å². The summed E-state index contributed by atoms with van der Waals surface area (Å²) in [6.07, 6.45) is 7.83. The third-order valence-corrected chi connectivity index (χ3v) is 5.50. The summed E-state index contributed by atoms with van der Waals surface area (Å²) in [5.41, 5.74) is 2.62. The van der Waals surface area contributed by atoms with E-state index < -0.39 is 0 Å². The van der Waals surface area contributed by atoms with Crippen molar-refractivity contribution in [3.05, 3.63) is 59.7 Å². The molecule has 33 heavy (non-hydrogen) atoms. The molecule has 0 aliphatic carbocycles. The fraction of sp³-hybridized carbons (Fsp3) is 0.360. The van der Waals surface area contributed by atoms with Crippen LogP contribution in [-0.4, -0.2) is 57.1 Å². The zero-order valence-electron chi connectivity index (χ0n) is 19.1. The number of carbonyl (C=O) groups excluding carboxylic acids is 1. The van der Waals surface area contributed by atoms with Gasteiger partial charge < -0.3 is 20.7 Å². The lowest BCUT2D eigenvalue weighted by Gasteiger charge is -2.29. The van der Waals surface area contributed by atoms with Crippen LogP contribution in [0.2, 0.25) is 0 Å². The van der Waals surface area contributed by atoms with Crippen LogP contribution in [0.3, 0.4) is 0 Å². The minimum Gasteiger partial charge on any atom is -0.497 e. The Morgan fingerprint density at radius 2 is 1.91 bits per heavy atom. The number of ether oxygens (including phenoxy) is 1. The fourth-order valence-electron chi connectivity index (χ4n) is 3.81. The van der Waals surface area contributed by atoms with Crippen molar-refractivity contribution in [1.29, 1.82) is 0 Å². The Labute approximate surface area is 213 Å². The third-order valence-electron chi connectivity index (χ3n) is 5.50. The summed E-state index contributed by atoms with van der Waals surface area (Å²) in [6.45, 7) is 2.92. The van der Waals surface area contributed by atoms with Gasteiger partial charge >= 0.3 is 0 Å². The molecule has 0 bridgehead atoms. The largest absolute Gasteiger partial charge is 0.497 e. The highest BCUT2D eigenvalue weighted by atomic mass is 127. The molecule has 0 spiro atoms. The minimum atomic E-state index is -0.173. The van der Waals surface area contributed by atoms with E-state index in [9.17, 15) is 4.79 Å². The molecule has 0 saturated carbocycles. The molecule has 1 unspecified atom stereocenters. The molecule has 8 heteroatoms. The quantitative estimate of drug-likeness (QED) is 0.200. The topological polar surface area (TPSA) is 78.0 Å². The van der Waals surface area contributed by atoms with Crippen molar-refractivity contribution in [3.8, 4) is 18.1 Å². The molecule has 0 radical (unpaired) electrons. The Balaban J connectivity index is 0.00000385. The number of halogens is 1. The van der Waals surface area contributed by atoms with Crippen LogP contribution in [0.15, 0.2) is 53.5 Å². The normalized spacial score (nSPS) is 14.5. The highest BCUT2D eigenvalue weighted by Gasteiger charge is 2.23. The fourth-order valence-corrected chi connectivity index (χ4v) is 3.81. The smallest absolute Gasteiger partial charge is 0.243 e. The molecule has 1 fully saturated rings. The molecule has 7 nitrogen and oxygen atoms in total. The van der Waals surface area contributed by atoms with Gasteiger partial charge in [0, 0.05) is 24.8 Å². The molecule has 0 aromatic heterocycles. The number of amides is 1. The summed E-state index contributed by atoms with van der Waals surface area (Å²) in [5, 5.41) is 9.29. The maximum atomic E-state index is 12.3. The van der Waals surface area contributed by atoms with Crippen molar-refractivity contribution in [2.45, 2.75) is 18.9 Å². The van der Waals surface area contributed by atoms with Gasteiger partial charge in [-0.25, -0.2) is 0 Å². The van der Waals surface area contributed by atoms with Crippen molar-refractivity contribution < 1.29 is 9.53 Å². The lowest BCUT2D eigenvalue weighted by atomic mass is 10.1. The van der Waals surface area contributed by atoms with Crippen LogP contribution in [0.4, 0.5) is 5.69 Å². The van der Waals surface area contributed by atoms with Crippen molar-refractivity contribution in [2.24, 2.45) is 4.99 Å². The van der Waals surface area contributed by atoms with Crippen LogP contribution in [0.25, 0.3) is 0 Å². The van der Waals surface area contributed by atoms with E-state index >= 15 is 0 Å². The number of terminal acetylenes is 1. The monoisotopic (exact) mass is 561 g/mol. The van der Waals surface area contributed by atoms with Crippen molar-refractivity contribution in [3.63, 3.8) is 0 Å². The Hall–Kier alpha value is -2.77. The number of anilines is 1. The average Bonchev–Trinajstić information content (AvgIpc) is 3.36. The molecule has 1 aliphatic heterocycles. The predicted octanol–water partition coefficient (Wildman–Crippen LogP) is 3.24. The standard InChI is InChI=1S/C25H31N5O2.HI/c1-4-19-8-7-9-21(16-19)29-24(31)18-28-25(26-2)27-17-23(30-14-5-6-15-30)20-10-12-22(32-3)13-11-20;/h1,7-13,16,23H,5-6,14-15,17-18H2,2-3H3,(H,29,31)(H2,26,27,28);1H. The van der Waals surface area contributed by atoms with E-state index in [1.165, 1.54) is 18.4 Å². The van der Waals surface area contributed by atoms with Crippen molar-refractivity contribution in [1.82, 2.24) is 15.5 Å². The highest BCUT2D eigenvalue weighted by Crippen LogP contribution is 2.26. The number of hydrogen-bond donors (Lipinski definition) is 3. The molecule has 176 valence electrons. The molecule has 2 aromatic carbocycles. The number of aliphatic imine (C=N–C) groups is 1.